The number of amides is 1. The van der Waals surface area contributed by atoms with Crippen LogP contribution in [0.25, 0.3) is 5.65 Å². The van der Waals surface area contributed by atoms with Gasteiger partial charge in [0.2, 0.25) is 5.95 Å². The van der Waals surface area contributed by atoms with Crippen LogP contribution in [0.2, 0.25) is 0 Å². The number of imidazole rings is 1. The highest BCUT2D eigenvalue weighted by Gasteiger charge is 2.58. The third-order valence-electron chi connectivity index (χ3n) is 7.41. The molecule has 1 amide bonds. The summed E-state index contributed by atoms with van der Waals surface area (Å²) in [5, 5.41) is 13.4. The summed E-state index contributed by atoms with van der Waals surface area (Å²) in [6.45, 7) is 2.34. The van der Waals surface area contributed by atoms with Crippen molar-refractivity contribution >= 4 is 23.5 Å². The molecule has 0 aliphatic heterocycles. The number of aromatic amines is 1. The largest absolute Gasteiger partial charge is 0.443 e. The molecule has 4 fully saturated rings. The number of ether oxygens (including phenoxy) is 2. The molecule has 3 atom stereocenters. The fourth-order valence-corrected chi connectivity index (χ4v) is 5.55. The van der Waals surface area contributed by atoms with Crippen molar-refractivity contribution in [2.75, 3.05) is 12.4 Å². The number of nitrogens with one attached hydrogen (secondary N) is 3. The maximum atomic E-state index is 15.2. The van der Waals surface area contributed by atoms with Crippen molar-refractivity contribution in [2.45, 2.75) is 69.4 Å². The van der Waals surface area contributed by atoms with Crippen molar-refractivity contribution in [2.24, 2.45) is 5.92 Å². The first-order valence-electron chi connectivity index (χ1n) is 11.7. The minimum atomic E-state index is -1.29. The summed E-state index contributed by atoms with van der Waals surface area (Å²) < 4.78 is 27.7. The summed E-state index contributed by atoms with van der Waals surface area (Å²) in [4.78, 5) is 21.3. The molecule has 34 heavy (non-hydrogen) atoms. The maximum absolute atomic E-state index is 15.2. The van der Waals surface area contributed by atoms with E-state index in [1.165, 1.54) is 0 Å². The zero-order chi connectivity index (χ0) is 23.4. The first-order chi connectivity index (χ1) is 16.4. The number of anilines is 2. The van der Waals surface area contributed by atoms with Crippen molar-refractivity contribution < 1.29 is 18.7 Å². The van der Waals surface area contributed by atoms with E-state index in [1.54, 1.807) is 19.4 Å². The monoisotopic (exact) mass is 469 g/mol. The molecule has 7 rings (SSSR count). The van der Waals surface area contributed by atoms with Crippen LogP contribution >= 0.6 is 0 Å². The van der Waals surface area contributed by atoms with Gasteiger partial charge in [-0.05, 0) is 44.9 Å². The standard InChI is InChI=1S/C23H28FN7O3/c1-12-9-25-21(31-10-14(11-33-2)26-20(12)31)27-18-5-16(29-30-18)15-3-4-17(19(15)24)34-22(32)28-23-6-13(7-23)8-23/h5,9-10,13,15,17,19H,3-4,6-8,11H2,1-2H3,(H,28,32)(H2,25,27,29,30)/t13?,15-,17-,19-,23?/m0/s1. The number of carbonyl (C=O) groups is 1. The molecule has 0 saturated heterocycles. The Bertz CT molecular complexity index is 1220. The van der Waals surface area contributed by atoms with E-state index in [-0.39, 0.29) is 5.54 Å². The number of aryl methyl sites for hydroxylation is 1. The van der Waals surface area contributed by atoms with Crippen LogP contribution in [0.4, 0.5) is 21.0 Å². The van der Waals surface area contributed by atoms with Gasteiger partial charge in [-0.3, -0.25) is 9.50 Å². The molecule has 10 nitrogen and oxygen atoms in total. The lowest BCUT2D eigenvalue weighted by Gasteiger charge is -2.61. The zero-order valence-corrected chi connectivity index (χ0v) is 19.2. The van der Waals surface area contributed by atoms with Crippen molar-refractivity contribution in [1.82, 2.24) is 29.9 Å². The summed E-state index contributed by atoms with van der Waals surface area (Å²) in [6, 6.07) is 1.78. The lowest BCUT2D eigenvalue weighted by atomic mass is 9.50. The van der Waals surface area contributed by atoms with E-state index in [0.29, 0.717) is 36.9 Å². The van der Waals surface area contributed by atoms with E-state index in [4.69, 9.17) is 9.47 Å². The molecule has 3 aromatic rings. The number of fused-ring (bicyclic) bond motifs is 1. The van der Waals surface area contributed by atoms with Gasteiger partial charge in [0.15, 0.2) is 5.82 Å². The van der Waals surface area contributed by atoms with E-state index < -0.39 is 24.3 Å². The van der Waals surface area contributed by atoms with Gasteiger partial charge in [0.1, 0.15) is 17.9 Å². The topological polar surface area (TPSA) is 118 Å². The average molecular weight is 470 g/mol. The summed E-state index contributed by atoms with van der Waals surface area (Å²) in [5.74, 6) is 1.40. The molecule has 4 saturated carbocycles. The van der Waals surface area contributed by atoms with Gasteiger partial charge < -0.3 is 20.1 Å². The predicted octanol–water partition coefficient (Wildman–Crippen LogP) is 3.51. The van der Waals surface area contributed by atoms with Crippen LogP contribution in [-0.2, 0) is 16.1 Å². The molecule has 2 bridgehead atoms. The van der Waals surface area contributed by atoms with Gasteiger partial charge in [0.05, 0.1) is 12.3 Å². The number of methoxy groups -OCH3 is 1. The number of alkyl halides is 1. The molecule has 3 heterocycles. The number of hydrogen-bond donors (Lipinski definition) is 3. The quantitative estimate of drug-likeness (QED) is 0.485. The van der Waals surface area contributed by atoms with Crippen LogP contribution in [0.1, 0.15) is 55.0 Å². The highest BCUT2D eigenvalue weighted by atomic mass is 19.1. The van der Waals surface area contributed by atoms with Gasteiger partial charge in [-0.15, -0.1) is 0 Å². The van der Waals surface area contributed by atoms with Crippen molar-refractivity contribution in [1.29, 1.82) is 0 Å². The molecule has 0 radical (unpaired) electrons. The molecule has 0 aromatic carbocycles. The third-order valence-corrected chi connectivity index (χ3v) is 7.41. The highest BCUT2D eigenvalue weighted by Crippen LogP contribution is 2.57. The molecule has 3 N–H and O–H groups in total. The second kappa shape index (κ2) is 7.93. The lowest BCUT2D eigenvalue weighted by molar-refractivity contribution is -0.0532. The van der Waals surface area contributed by atoms with Crippen LogP contribution in [0, 0.1) is 12.8 Å². The summed E-state index contributed by atoms with van der Waals surface area (Å²) >= 11 is 0. The summed E-state index contributed by atoms with van der Waals surface area (Å²) in [6.07, 6.45) is 5.18. The Morgan fingerprint density at radius 3 is 2.91 bits per heavy atom. The van der Waals surface area contributed by atoms with Crippen LogP contribution in [0.5, 0.6) is 0 Å². The molecule has 180 valence electrons. The third kappa shape index (κ3) is 3.58. The van der Waals surface area contributed by atoms with Gasteiger partial charge in [-0.1, -0.05) is 0 Å². The van der Waals surface area contributed by atoms with Crippen LogP contribution in [0.3, 0.4) is 0 Å². The van der Waals surface area contributed by atoms with E-state index in [1.807, 2.05) is 17.5 Å². The second-order valence-corrected chi connectivity index (χ2v) is 9.91. The predicted molar refractivity (Wildman–Crippen MR) is 121 cm³/mol. The van der Waals surface area contributed by atoms with Crippen LogP contribution in [0.15, 0.2) is 18.5 Å². The Morgan fingerprint density at radius 1 is 1.35 bits per heavy atom. The minimum Gasteiger partial charge on any atom is -0.443 e. The van der Waals surface area contributed by atoms with Gasteiger partial charge in [-0.25, -0.2) is 19.2 Å². The fraction of sp³-hybridized carbons (Fsp3) is 0.565. The molecule has 4 aliphatic rings. The van der Waals surface area contributed by atoms with Crippen molar-refractivity contribution in [3.05, 3.63) is 35.4 Å². The Kier molecular flexibility index (Phi) is 4.98. The van der Waals surface area contributed by atoms with E-state index in [2.05, 4.69) is 30.8 Å². The maximum Gasteiger partial charge on any atom is 0.407 e. The zero-order valence-electron chi connectivity index (χ0n) is 19.2. The van der Waals surface area contributed by atoms with Crippen LogP contribution < -0.4 is 10.6 Å². The van der Waals surface area contributed by atoms with Gasteiger partial charge in [0, 0.05) is 48.3 Å². The Morgan fingerprint density at radius 2 is 2.18 bits per heavy atom. The van der Waals surface area contributed by atoms with E-state index >= 15 is 4.39 Å². The second-order valence-electron chi connectivity index (χ2n) is 9.91. The van der Waals surface area contributed by atoms with E-state index in [9.17, 15) is 4.79 Å². The summed E-state index contributed by atoms with van der Waals surface area (Å²) in [7, 11) is 1.62. The number of carbonyl (C=O) groups excluding carboxylic acids is 1. The molecule has 0 spiro atoms. The van der Waals surface area contributed by atoms with Gasteiger partial charge >= 0.3 is 6.09 Å². The molecule has 3 aromatic heterocycles. The number of halogens is 1. The highest BCUT2D eigenvalue weighted by molar-refractivity contribution is 5.69. The molecular formula is C23H28FN7O3. The number of alkyl carbamates (subject to hydrolysis) is 1. The number of H-pyrrole nitrogens is 1. The van der Waals surface area contributed by atoms with E-state index in [0.717, 1.165) is 42.1 Å². The molecule has 4 aliphatic carbocycles. The SMILES string of the molecule is COCc1cn2c(Nc3cc([C@@H]4CC[C@H](OC(=O)NC56CC(C5)C6)[C@H]4F)[nH]n3)ncc(C)c2n1. The van der Waals surface area contributed by atoms with Gasteiger partial charge in [-0.2, -0.15) is 5.10 Å². The number of rotatable bonds is 7. The first kappa shape index (κ1) is 21.3. The smallest absolute Gasteiger partial charge is 0.407 e. The van der Waals surface area contributed by atoms with Gasteiger partial charge in [0.25, 0.3) is 0 Å². The number of nitrogens with zero attached hydrogens (tertiary/aromatic N) is 4. The average Bonchev–Trinajstić information content (AvgIpc) is 3.47. The van der Waals surface area contributed by atoms with Crippen LogP contribution in [-0.4, -0.2) is 55.6 Å². The summed E-state index contributed by atoms with van der Waals surface area (Å²) in [5.41, 5.74) is 3.09. The number of hydrogen-bond acceptors (Lipinski definition) is 7. The lowest BCUT2D eigenvalue weighted by Crippen LogP contribution is -2.68. The number of aromatic nitrogens is 5. The molecular weight excluding hydrogens is 441 g/mol. The fourth-order valence-electron chi connectivity index (χ4n) is 5.55. The molecule has 0 unspecified atom stereocenters. The Labute approximate surface area is 195 Å². The van der Waals surface area contributed by atoms with Crippen molar-refractivity contribution in [3.63, 3.8) is 0 Å². The first-order valence-corrected chi connectivity index (χ1v) is 11.7. The molecule has 11 heteroatoms. The normalized spacial score (nSPS) is 29.5. The Balaban J connectivity index is 1.12. The van der Waals surface area contributed by atoms with Crippen molar-refractivity contribution in [3.8, 4) is 0 Å². The minimum absolute atomic E-state index is 0.0789. The Hall–Kier alpha value is -3.21.